The second kappa shape index (κ2) is 8.52. The Morgan fingerprint density at radius 1 is 1.19 bits per heavy atom. The van der Waals surface area contributed by atoms with Gasteiger partial charge in [-0.25, -0.2) is 13.2 Å². The van der Waals surface area contributed by atoms with Crippen molar-refractivity contribution >= 4 is 22.1 Å². The van der Waals surface area contributed by atoms with E-state index < -0.39 is 16.0 Å². The number of nitrogens with zero attached hydrogens (tertiary/aromatic N) is 1. The van der Waals surface area contributed by atoms with E-state index in [1.165, 1.54) is 36.7 Å². The van der Waals surface area contributed by atoms with Crippen molar-refractivity contribution < 1.29 is 32.5 Å². The number of benzene rings is 1. The van der Waals surface area contributed by atoms with E-state index in [1.54, 1.807) is 7.11 Å². The maximum absolute atomic E-state index is 13.1. The van der Waals surface area contributed by atoms with Gasteiger partial charge in [-0.05, 0) is 36.6 Å². The van der Waals surface area contributed by atoms with E-state index in [9.17, 15) is 13.2 Å². The molecule has 1 aromatic rings. The summed E-state index contributed by atoms with van der Waals surface area (Å²) in [6.07, 6.45) is 3.49. The molecule has 1 aliphatic heterocycles. The molecule has 144 valence electrons. The SMILES string of the molecule is COc1cc(/C=C\C(=O)O)cc(S(=O)(=O)N2CCC(OC)CC2)c1OC. The first-order valence-electron chi connectivity index (χ1n) is 8.03. The summed E-state index contributed by atoms with van der Waals surface area (Å²) in [6, 6.07) is 2.91. The standard InChI is InChI=1S/C17H23NO7S/c1-23-13-6-8-18(9-7-13)26(21,22)15-11-12(4-5-16(19)20)10-14(24-2)17(15)25-3/h4-5,10-11,13H,6-9H2,1-3H3,(H,19,20)/b5-4-. The Labute approximate surface area is 153 Å². The molecule has 0 atom stereocenters. The summed E-state index contributed by atoms with van der Waals surface area (Å²) in [5, 5.41) is 8.80. The number of rotatable bonds is 7. The number of methoxy groups -OCH3 is 3. The Morgan fingerprint density at radius 2 is 1.85 bits per heavy atom. The zero-order valence-electron chi connectivity index (χ0n) is 15.0. The van der Waals surface area contributed by atoms with Crippen molar-refractivity contribution in [2.75, 3.05) is 34.4 Å². The first-order valence-corrected chi connectivity index (χ1v) is 9.47. The summed E-state index contributed by atoms with van der Waals surface area (Å²) >= 11 is 0. The van der Waals surface area contributed by atoms with Crippen LogP contribution in [-0.4, -0.2) is 64.3 Å². The van der Waals surface area contributed by atoms with Gasteiger partial charge in [0.15, 0.2) is 11.5 Å². The van der Waals surface area contributed by atoms with E-state index in [0.717, 1.165) is 6.08 Å². The summed E-state index contributed by atoms with van der Waals surface area (Å²) in [6.45, 7) is 0.670. The summed E-state index contributed by atoms with van der Waals surface area (Å²) in [5.41, 5.74) is 0.385. The molecule has 0 bridgehead atoms. The monoisotopic (exact) mass is 385 g/mol. The van der Waals surface area contributed by atoms with Gasteiger partial charge < -0.3 is 19.3 Å². The minimum Gasteiger partial charge on any atom is -0.493 e. The number of piperidine rings is 1. The molecular weight excluding hydrogens is 362 g/mol. The largest absolute Gasteiger partial charge is 0.493 e. The Bertz CT molecular complexity index is 781. The zero-order valence-corrected chi connectivity index (χ0v) is 15.8. The zero-order chi connectivity index (χ0) is 19.3. The van der Waals surface area contributed by atoms with E-state index in [4.69, 9.17) is 19.3 Å². The van der Waals surface area contributed by atoms with Crippen LogP contribution in [0.15, 0.2) is 23.1 Å². The summed E-state index contributed by atoms with van der Waals surface area (Å²) in [7, 11) is 0.527. The Morgan fingerprint density at radius 3 is 2.35 bits per heavy atom. The predicted octanol–water partition coefficient (Wildman–Crippen LogP) is 1.60. The van der Waals surface area contributed by atoms with Gasteiger partial charge in [0.05, 0.1) is 20.3 Å². The summed E-state index contributed by atoms with van der Waals surface area (Å²) < 4.78 is 43.4. The number of carbonyl (C=O) groups is 1. The number of ether oxygens (including phenoxy) is 3. The molecule has 1 fully saturated rings. The smallest absolute Gasteiger partial charge is 0.328 e. The molecule has 26 heavy (non-hydrogen) atoms. The summed E-state index contributed by atoms with van der Waals surface area (Å²) in [5.74, 6) is -0.829. The third kappa shape index (κ3) is 4.35. The number of carboxylic acid groups (broad SMARTS) is 1. The van der Waals surface area contributed by atoms with Crippen molar-refractivity contribution in [1.82, 2.24) is 4.31 Å². The molecule has 0 unspecified atom stereocenters. The first-order chi connectivity index (χ1) is 12.3. The van der Waals surface area contributed by atoms with Crippen LogP contribution in [0.1, 0.15) is 18.4 Å². The van der Waals surface area contributed by atoms with Crippen LogP contribution >= 0.6 is 0 Å². The topological polar surface area (TPSA) is 102 Å². The Balaban J connectivity index is 2.48. The van der Waals surface area contributed by atoms with Crippen molar-refractivity contribution in [3.8, 4) is 11.5 Å². The molecule has 1 heterocycles. The molecule has 0 spiro atoms. The molecule has 0 amide bonds. The molecule has 8 nitrogen and oxygen atoms in total. The van der Waals surface area contributed by atoms with Gasteiger partial charge in [0, 0.05) is 26.3 Å². The number of sulfonamides is 1. The highest BCUT2D eigenvalue weighted by Crippen LogP contribution is 2.38. The number of carboxylic acids is 1. The second-order valence-corrected chi connectivity index (χ2v) is 7.67. The van der Waals surface area contributed by atoms with E-state index in [2.05, 4.69) is 0 Å². The van der Waals surface area contributed by atoms with Crippen LogP contribution in [-0.2, 0) is 19.6 Å². The van der Waals surface area contributed by atoms with Gasteiger partial charge in [0.25, 0.3) is 0 Å². The fourth-order valence-electron chi connectivity index (χ4n) is 2.85. The molecule has 0 aliphatic carbocycles. The predicted molar refractivity (Wildman–Crippen MR) is 95.0 cm³/mol. The lowest BCUT2D eigenvalue weighted by molar-refractivity contribution is -0.131. The lowest BCUT2D eigenvalue weighted by atomic mass is 10.1. The maximum Gasteiger partial charge on any atom is 0.328 e. The van der Waals surface area contributed by atoms with E-state index in [1.807, 2.05) is 0 Å². The molecule has 0 aromatic heterocycles. The van der Waals surface area contributed by atoms with Crippen molar-refractivity contribution in [3.63, 3.8) is 0 Å². The van der Waals surface area contributed by atoms with Gasteiger partial charge in [0.1, 0.15) is 4.90 Å². The molecule has 0 radical (unpaired) electrons. The normalized spacial score (nSPS) is 16.7. The highest BCUT2D eigenvalue weighted by molar-refractivity contribution is 7.89. The van der Waals surface area contributed by atoms with Crippen molar-refractivity contribution in [3.05, 3.63) is 23.8 Å². The maximum atomic E-state index is 13.1. The van der Waals surface area contributed by atoms with Gasteiger partial charge in [-0.15, -0.1) is 0 Å². The molecule has 1 N–H and O–H groups in total. The molecule has 1 aliphatic rings. The third-order valence-corrected chi connectivity index (χ3v) is 6.14. The van der Waals surface area contributed by atoms with Crippen molar-refractivity contribution in [2.24, 2.45) is 0 Å². The van der Waals surface area contributed by atoms with E-state index in [0.29, 0.717) is 31.5 Å². The van der Waals surface area contributed by atoms with E-state index in [-0.39, 0.29) is 22.5 Å². The van der Waals surface area contributed by atoms with Crippen molar-refractivity contribution in [1.29, 1.82) is 0 Å². The highest BCUT2D eigenvalue weighted by Gasteiger charge is 2.33. The lowest BCUT2D eigenvalue weighted by Gasteiger charge is -2.31. The van der Waals surface area contributed by atoms with Gasteiger partial charge in [-0.2, -0.15) is 4.31 Å². The molecular formula is C17H23NO7S. The average molecular weight is 385 g/mol. The van der Waals surface area contributed by atoms with Gasteiger partial charge in [-0.1, -0.05) is 0 Å². The van der Waals surface area contributed by atoms with Crippen LogP contribution < -0.4 is 9.47 Å². The van der Waals surface area contributed by atoms with E-state index >= 15 is 0 Å². The van der Waals surface area contributed by atoms with Crippen LogP contribution in [0.2, 0.25) is 0 Å². The summed E-state index contributed by atoms with van der Waals surface area (Å²) in [4.78, 5) is 10.7. The number of aliphatic carboxylic acids is 1. The van der Waals surface area contributed by atoms with Gasteiger partial charge in [-0.3, -0.25) is 0 Å². The Hall–Kier alpha value is -2.10. The van der Waals surface area contributed by atoms with Crippen LogP contribution in [0.3, 0.4) is 0 Å². The lowest BCUT2D eigenvalue weighted by Crippen LogP contribution is -2.40. The van der Waals surface area contributed by atoms with Crippen molar-refractivity contribution in [2.45, 2.75) is 23.8 Å². The molecule has 1 aromatic carbocycles. The fraction of sp³-hybridized carbons (Fsp3) is 0.471. The molecule has 9 heteroatoms. The van der Waals surface area contributed by atoms with Crippen LogP contribution in [0.4, 0.5) is 0 Å². The van der Waals surface area contributed by atoms with Crippen LogP contribution in [0.25, 0.3) is 6.08 Å². The average Bonchev–Trinajstić information content (AvgIpc) is 2.65. The Kier molecular flexibility index (Phi) is 6.63. The first kappa shape index (κ1) is 20.2. The van der Waals surface area contributed by atoms with Crippen LogP contribution in [0.5, 0.6) is 11.5 Å². The van der Waals surface area contributed by atoms with Gasteiger partial charge in [0.2, 0.25) is 10.0 Å². The molecule has 0 saturated carbocycles. The fourth-order valence-corrected chi connectivity index (χ4v) is 4.53. The second-order valence-electron chi connectivity index (χ2n) is 5.77. The van der Waals surface area contributed by atoms with Gasteiger partial charge >= 0.3 is 5.97 Å². The number of hydrogen-bond acceptors (Lipinski definition) is 6. The quantitative estimate of drug-likeness (QED) is 0.711. The highest BCUT2D eigenvalue weighted by atomic mass is 32.2. The molecule has 1 saturated heterocycles. The number of hydrogen-bond donors (Lipinski definition) is 1. The molecule has 2 rings (SSSR count). The minimum atomic E-state index is -3.84. The minimum absolute atomic E-state index is 0.0442. The third-order valence-electron chi connectivity index (χ3n) is 4.24. The van der Waals surface area contributed by atoms with Crippen LogP contribution in [0, 0.1) is 0 Å².